The number of hydrogen-bond donors (Lipinski definition) is 2. The van der Waals surface area contributed by atoms with Crippen LogP contribution in [0.1, 0.15) is 10.5 Å². The largest absolute Gasteiger partial charge is 0.493 e. The Balaban J connectivity index is 1.62. The number of benzene rings is 1. The summed E-state index contributed by atoms with van der Waals surface area (Å²) in [5.74, 6) is 2.22. The molecule has 3 aromatic heterocycles. The van der Waals surface area contributed by atoms with Gasteiger partial charge in [0, 0.05) is 48.7 Å². The maximum absolute atomic E-state index is 12.6. The average Bonchev–Trinajstić information content (AvgIpc) is 3.31. The van der Waals surface area contributed by atoms with Gasteiger partial charge in [0.25, 0.3) is 5.91 Å². The number of rotatable bonds is 10. The first-order valence-corrected chi connectivity index (χ1v) is 11.2. The fraction of sp³-hybridized carbons (Fsp3) is 0.280. The molecule has 0 atom stereocenters. The number of fused-ring (bicyclic) bond motifs is 1. The second kappa shape index (κ2) is 10.9. The minimum Gasteiger partial charge on any atom is -0.493 e. The van der Waals surface area contributed by atoms with Crippen LogP contribution in [0.3, 0.4) is 0 Å². The Hall–Kier alpha value is -4.38. The third-order valence-corrected chi connectivity index (χ3v) is 5.41. The maximum atomic E-state index is 12.6. The van der Waals surface area contributed by atoms with Gasteiger partial charge in [-0.2, -0.15) is 4.98 Å². The van der Waals surface area contributed by atoms with E-state index in [-0.39, 0.29) is 5.91 Å². The number of methoxy groups -OCH3 is 3. The van der Waals surface area contributed by atoms with Gasteiger partial charge in [-0.05, 0) is 32.3 Å². The van der Waals surface area contributed by atoms with E-state index in [9.17, 15) is 4.79 Å². The van der Waals surface area contributed by atoms with Crippen molar-refractivity contribution in [2.45, 2.75) is 0 Å². The zero-order valence-corrected chi connectivity index (χ0v) is 20.9. The van der Waals surface area contributed by atoms with Gasteiger partial charge in [-0.3, -0.25) is 9.36 Å². The van der Waals surface area contributed by atoms with E-state index in [0.29, 0.717) is 52.6 Å². The first kappa shape index (κ1) is 24.7. The molecule has 188 valence electrons. The molecule has 0 saturated heterocycles. The molecule has 0 saturated carbocycles. The Labute approximate surface area is 209 Å². The number of likely N-dealkylation sites (N-methyl/N-ethyl adjacent to an activating group) is 1. The van der Waals surface area contributed by atoms with E-state index < -0.39 is 0 Å². The first-order valence-electron chi connectivity index (χ1n) is 11.2. The van der Waals surface area contributed by atoms with Crippen LogP contribution in [0.15, 0.2) is 48.8 Å². The lowest BCUT2D eigenvalue weighted by Crippen LogP contribution is -2.31. The summed E-state index contributed by atoms with van der Waals surface area (Å²) in [5, 5.41) is 6.90. The van der Waals surface area contributed by atoms with Crippen LogP contribution < -0.4 is 24.8 Å². The molecule has 1 amide bonds. The molecule has 0 radical (unpaired) electrons. The number of amides is 1. The highest BCUT2D eigenvalue weighted by Crippen LogP contribution is 2.40. The van der Waals surface area contributed by atoms with Crippen LogP contribution in [-0.2, 0) is 0 Å². The predicted octanol–water partition coefficient (Wildman–Crippen LogP) is 2.88. The van der Waals surface area contributed by atoms with Gasteiger partial charge in [-0.1, -0.05) is 6.07 Å². The van der Waals surface area contributed by atoms with Crippen LogP contribution in [0.5, 0.6) is 17.2 Å². The number of anilines is 2. The highest BCUT2D eigenvalue weighted by molar-refractivity contribution is 5.92. The number of nitrogens with zero attached hydrogens (tertiary/aromatic N) is 5. The second-order valence-corrected chi connectivity index (χ2v) is 8.14. The summed E-state index contributed by atoms with van der Waals surface area (Å²) in [6.07, 6.45) is 3.57. The molecule has 0 aliphatic heterocycles. The maximum Gasteiger partial charge on any atom is 0.270 e. The number of carbonyl (C=O) groups is 1. The minimum atomic E-state index is -0.227. The van der Waals surface area contributed by atoms with Gasteiger partial charge in [0.1, 0.15) is 11.5 Å². The predicted molar refractivity (Wildman–Crippen MR) is 137 cm³/mol. The Morgan fingerprint density at radius 2 is 1.78 bits per heavy atom. The lowest BCUT2D eigenvalue weighted by molar-refractivity contribution is 0.0946. The third-order valence-electron chi connectivity index (χ3n) is 5.41. The summed E-state index contributed by atoms with van der Waals surface area (Å²) < 4.78 is 18.0. The Morgan fingerprint density at radius 3 is 2.44 bits per heavy atom. The van der Waals surface area contributed by atoms with E-state index in [1.165, 1.54) is 0 Å². The van der Waals surface area contributed by atoms with E-state index in [0.717, 1.165) is 11.9 Å². The number of ether oxygens (including phenoxy) is 3. The molecule has 1 aromatic carbocycles. The number of pyridine rings is 1. The highest BCUT2D eigenvalue weighted by atomic mass is 16.5. The van der Waals surface area contributed by atoms with Gasteiger partial charge < -0.3 is 29.7 Å². The van der Waals surface area contributed by atoms with Crippen molar-refractivity contribution in [2.75, 3.05) is 53.8 Å². The Bertz CT molecular complexity index is 1340. The molecule has 0 aliphatic rings. The lowest BCUT2D eigenvalue weighted by Gasteiger charge is -2.14. The first-order chi connectivity index (χ1) is 17.4. The van der Waals surface area contributed by atoms with Crippen LogP contribution >= 0.6 is 0 Å². The Kier molecular flexibility index (Phi) is 7.50. The fourth-order valence-corrected chi connectivity index (χ4v) is 3.61. The van der Waals surface area contributed by atoms with Crippen LogP contribution in [-0.4, -0.2) is 78.8 Å². The van der Waals surface area contributed by atoms with E-state index in [2.05, 4.69) is 25.6 Å². The zero-order chi connectivity index (χ0) is 25.7. The van der Waals surface area contributed by atoms with Crippen molar-refractivity contribution >= 4 is 28.6 Å². The number of nitrogens with one attached hydrogen (secondary N) is 2. The molecule has 11 nitrogen and oxygen atoms in total. The minimum absolute atomic E-state index is 0.227. The van der Waals surface area contributed by atoms with Gasteiger partial charge >= 0.3 is 0 Å². The monoisotopic (exact) mass is 491 g/mol. The SMILES string of the molecule is COc1cc(Nc2ncc3ccn(-c4cccc(C(=O)NCCN(C)C)n4)c3n2)cc(OC)c1OC. The van der Waals surface area contributed by atoms with Crippen molar-refractivity contribution in [2.24, 2.45) is 0 Å². The number of aromatic nitrogens is 4. The molecule has 11 heteroatoms. The van der Waals surface area contributed by atoms with Crippen LogP contribution in [0, 0.1) is 0 Å². The van der Waals surface area contributed by atoms with Crippen molar-refractivity contribution in [3.05, 3.63) is 54.5 Å². The second-order valence-electron chi connectivity index (χ2n) is 8.14. The van der Waals surface area contributed by atoms with E-state index >= 15 is 0 Å². The molecule has 4 aromatic rings. The molecule has 4 rings (SSSR count). The molecule has 0 aliphatic carbocycles. The van der Waals surface area contributed by atoms with Crippen molar-refractivity contribution in [3.8, 4) is 23.1 Å². The molecular formula is C25H29N7O4. The Morgan fingerprint density at radius 1 is 1.03 bits per heavy atom. The van der Waals surface area contributed by atoms with Gasteiger partial charge in [0.2, 0.25) is 11.7 Å². The summed E-state index contributed by atoms with van der Waals surface area (Å²) >= 11 is 0. The molecule has 2 N–H and O–H groups in total. The van der Waals surface area contributed by atoms with Crippen LogP contribution in [0.25, 0.3) is 16.9 Å². The standard InChI is InChI=1S/C25H29N7O4/c1-31(2)12-10-26-24(33)18-7-6-8-21(29-18)32-11-9-16-15-27-25(30-23(16)32)28-17-13-19(34-3)22(36-5)20(14-17)35-4/h6-9,11,13-15H,10,12H2,1-5H3,(H,26,33)(H,27,28,30). The van der Waals surface area contributed by atoms with Crippen molar-refractivity contribution in [3.63, 3.8) is 0 Å². The molecule has 0 fully saturated rings. The quantitative estimate of drug-likeness (QED) is 0.345. The summed E-state index contributed by atoms with van der Waals surface area (Å²) in [5.41, 5.74) is 1.63. The summed E-state index contributed by atoms with van der Waals surface area (Å²) in [4.78, 5) is 28.2. The molecular weight excluding hydrogens is 462 g/mol. The molecule has 0 spiro atoms. The fourth-order valence-electron chi connectivity index (χ4n) is 3.61. The van der Waals surface area contributed by atoms with Crippen molar-refractivity contribution in [1.82, 2.24) is 29.7 Å². The average molecular weight is 492 g/mol. The smallest absolute Gasteiger partial charge is 0.270 e. The summed E-state index contributed by atoms with van der Waals surface area (Å²) in [7, 11) is 8.57. The number of hydrogen-bond acceptors (Lipinski definition) is 9. The van der Waals surface area contributed by atoms with Gasteiger partial charge in [0.05, 0.1) is 21.3 Å². The molecule has 36 heavy (non-hydrogen) atoms. The van der Waals surface area contributed by atoms with Crippen LogP contribution in [0.4, 0.5) is 11.6 Å². The highest BCUT2D eigenvalue weighted by Gasteiger charge is 2.15. The zero-order valence-electron chi connectivity index (χ0n) is 20.9. The lowest BCUT2D eigenvalue weighted by atomic mass is 10.2. The van der Waals surface area contributed by atoms with E-state index in [1.807, 2.05) is 41.9 Å². The van der Waals surface area contributed by atoms with Gasteiger partial charge in [-0.25, -0.2) is 9.97 Å². The normalized spacial score (nSPS) is 10.9. The van der Waals surface area contributed by atoms with Crippen molar-refractivity contribution in [1.29, 1.82) is 0 Å². The summed E-state index contributed by atoms with van der Waals surface area (Å²) in [6.45, 7) is 1.28. The topological polar surface area (TPSA) is 116 Å². The van der Waals surface area contributed by atoms with E-state index in [4.69, 9.17) is 14.2 Å². The summed E-state index contributed by atoms with van der Waals surface area (Å²) in [6, 6.07) is 10.7. The molecule has 0 bridgehead atoms. The van der Waals surface area contributed by atoms with Gasteiger partial charge in [-0.15, -0.1) is 0 Å². The number of carbonyl (C=O) groups excluding carboxylic acids is 1. The molecule has 3 heterocycles. The van der Waals surface area contributed by atoms with E-state index in [1.54, 1.807) is 51.8 Å². The third kappa shape index (κ3) is 5.31. The molecule has 0 unspecified atom stereocenters. The van der Waals surface area contributed by atoms with Gasteiger partial charge in [0.15, 0.2) is 17.1 Å². The van der Waals surface area contributed by atoms with Crippen LogP contribution in [0.2, 0.25) is 0 Å². The van der Waals surface area contributed by atoms with Crippen molar-refractivity contribution < 1.29 is 19.0 Å².